The summed E-state index contributed by atoms with van der Waals surface area (Å²) in [5, 5.41) is 6.49. The van der Waals surface area contributed by atoms with E-state index in [4.69, 9.17) is 14.6 Å². The van der Waals surface area contributed by atoms with Crippen molar-refractivity contribution in [1.29, 1.82) is 0 Å². The van der Waals surface area contributed by atoms with Gasteiger partial charge in [0.2, 0.25) is 5.91 Å². The first-order valence-electron chi connectivity index (χ1n) is 12.5. The smallest absolute Gasteiger partial charge is 0.344 e. The molecule has 6 heteroatoms. The number of rotatable bonds is 11. The van der Waals surface area contributed by atoms with Crippen LogP contribution in [-0.2, 0) is 20.7 Å². The molecule has 0 spiro atoms. The van der Waals surface area contributed by atoms with E-state index in [0.717, 1.165) is 24.1 Å². The number of benzene rings is 3. The molecule has 0 bridgehead atoms. The molecule has 0 fully saturated rings. The Bertz CT molecular complexity index is 1140. The Morgan fingerprint density at radius 1 is 0.944 bits per heavy atom. The van der Waals surface area contributed by atoms with Gasteiger partial charge in [0.05, 0.1) is 12.3 Å². The highest BCUT2D eigenvalue weighted by Gasteiger charge is 2.27. The Labute approximate surface area is 212 Å². The lowest BCUT2D eigenvalue weighted by Crippen LogP contribution is -2.34. The van der Waals surface area contributed by atoms with Crippen LogP contribution in [0.5, 0.6) is 5.75 Å². The summed E-state index contributed by atoms with van der Waals surface area (Å²) < 4.78 is 10.4. The molecule has 0 N–H and O–H groups in total. The zero-order chi connectivity index (χ0) is 25.2. The van der Waals surface area contributed by atoms with Crippen LogP contribution in [0.2, 0.25) is 0 Å². The van der Waals surface area contributed by atoms with Gasteiger partial charge >= 0.3 is 5.97 Å². The first-order valence-corrected chi connectivity index (χ1v) is 12.5. The maximum atomic E-state index is 12.7. The molecule has 1 heterocycles. The van der Waals surface area contributed by atoms with E-state index in [2.05, 4.69) is 24.3 Å². The molecule has 3 aromatic carbocycles. The Morgan fingerprint density at radius 2 is 1.64 bits per heavy atom. The minimum atomic E-state index is -0.385. The van der Waals surface area contributed by atoms with Crippen LogP contribution in [0.15, 0.2) is 90.0 Å². The first-order chi connectivity index (χ1) is 17.6. The predicted octanol–water partition coefficient (Wildman–Crippen LogP) is 5.37. The van der Waals surface area contributed by atoms with Gasteiger partial charge in [-0.15, -0.1) is 0 Å². The van der Waals surface area contributed by atoms with Crippen LogP contribution in [0.1, 0.15) is 48.8 Å². The lowest BCUT2D eigenvalue weighted by atomic mass is 9.85. The summed E-state index contributed by atoms with van der Waals surface area (Å²) in [6, 6.07) is 28.4. The van der Waals surface area contributed by atoms with Gasteiger partial charge in [0.25, 0.3) is 0 Å². The molecule has 4 rings (SSSR count). The third kappa shape index (κ3) is 6.81. The summed E-state index contributed by atoms with van der Waals surface area (Å²) in [4.78, 5) is 24.2. The molecule has 6 nitrogen and oxygen atoms in total. The van der Waals surface area contributed by atoms with Gasteiger partial charge in [0.15, 0.2) is 6.61 Å². The summed E-state index contributed by atoms with van der Waals surface area (Å²) in [6.07, 6.45) is 2.66. The van der Waals surface area contributed by atoms with Gasteiger partial charge in [0.1, 0.15) is 5.75 Å². The van der Waals surface area contributed by atoms with Gasteiger partial charge in [-0.3, -0.25) is 4.79 Å². The van der Waals surface area contributed by atoms with E-state index in [1.54, 1.807) is 11.9 Å². The number of esters is 1. The fourth-order valence-corrected chi connectivity index (χ4v) is 4.44. The van der Waals surface area contributed by atoms with E-state index >= 15 is 0 Å². The van der Waals surface area contributed by atoms with E-state index in [-0.39, 0.29) is 24.4 Å². The highest BCUT2D eigenvalue weighted by atomic mass is 16.6. The molecule has 0 aromatic heterocycles. The second-order valence-electron chi connectivity index (χ2n) is 8.71. The van der Waals surface area contributed by atoms with Crippen molar-refractivity contribution < 1.29 is 19.1 Å². The number of hydrogen-bond acceptors (Lipinski definition) is 5. The second-order valence-corrected chi connectivity index (χ2v) is 8.71. The Hall–Kier alpha value is -3.93. The lowest BCUT2D eigenvalue weighted by molar-refractivity contribution is -0.145. The Balaban J connectivity index is 1.42. The van der Waals surface area contributed by atoms with Crippen molar-refractivity contribution in [1.82, 2.24) is 5.01 Å². The normalized spacial score (nSPS) is 13.4. The summed E-state index contributed by atoms with van der Waals surface area (Å²) in [5.74, 6) is 0.328. The van der Waals surface area contributed by atoms with Gasteiger partial charge < -0.3 is 9.47 Å². The minimum Gasteiger partial charge on any atom is -0.482 e. The van der Waals surface area contributed by atoms with Crippen molar-refractivity contribution in [3.63, 3.8) is 0 Å². The number of ether oxygens (including phenoxy) is 2. The molecule has 3 aromatic rings. The third-order valence-electron chi connectivity index (χ3n) is 6.13. The minimum absolute atomic E-state index is 0.0243. The predicted molar refractivity (Wildman–Crippen MR) is 140 cm³/mol. The summed E-state index contributed by atoms with van der Waals surface area (Å²) in [5.41, 5.74) is 4.45. The van der Waals surface area contributed by atoms with Gasteiger partial charge in [-0.25, -0.2) is 9.80 Å². The number of aryl methyl sites for hydroxylation is 1. The van der Waals surface area contributed by atoms with Crippen molar-refractivity contribution in [3.05, 3.63) is 102 Å². The molecule has 1 aliphatic rings. The molecule has 1 aliphatic heterocycles. The van der Waals surface area contributed by atoms with E-state index in [1.165, 1.54) is 11.1 Å². The molecule has 0 radical (unpaired) electrons. The van der Waals surface area contributed by atoms with Crippen LogP contribution >= 0.6 is 0 Å². The summed E-state index contributed by atoms with van der Waals surface area (Å²) in [7, 11) is 0. The molecular formula is C30H32N2O4. The van der Waals surface area contributed by atoms with Crippen molar-refractivity contribution in [2.75, 3.05) is 19.8 Å². The van der Waals surface area contributed by atoms with E-state index in [0.29, 0.717) is 31.7 Å². The van der Waals surface area contributed by atoms with Crippen LogP contribution in [0.4, 0.5) is 0 Å². The van der Waals surface area contributed by atoms with Gasteiger partial charge in [-0.2, -0.15) is 5.10 Å². The molecule has 0 aliphatic carbocycles. The van der Waals surface area contributed by atoms with Crippen LogP contribution in [0, 0.1) is 0 Å². The van der Waals surface area contributed by atoms with Gasteiger partial charge in [0, 0.05) is 18.9 Å². The summed E-state index contributed by atoms with van der Waals surface area (Å²) >= 11 is 0. The Kier molecular flexibility index (Phi) is 8.87. The molecule has 0 unspecified atom stereocenters. The fourth-order valence-electron chi connectivity index (χ4n) is 4.44. The molecule has 186 valence electrons. The highest BCUT2D eigenvalue weighted by molar-refractivity contribution is 5.98. The highest BCUT2D eigenvalue weighted by Crippen LogP contribution is 2.30. The average Bonchev–Trinajstić information content (AvgIpc) is 2.91. The third-order valence-corrected chi connectivity index (χ3v) is 6.13. The van der Waals surface area contributed by atoms with Gasteiger partial charge in [-0.05, 0) is 55.0 Å². The molecular weight excluding hydrogens is 452 g/mol. The molecule has 0 saturated carbocycles. The van der Waals surface area contributed by atoms with Crippen LogP contribution < -0.4 is 4.74 Å². The van der Waals surface area contributed by atoms with Crippen LogP contribution in [0.3, 0.4) is 0 Å². The fraction of sp³-hybridized carbons (Fsp3) is 0.300. The zero-order valence-corrected chi connectivity index (χ0v) is 20.6. The van der Waals surface area contributed by atoms with Crippen LogP contribution in [-0.4, -0.2) is 42.4 Å². The number of nitrogens with zero attached hydrogens (tertiary/aromatic N) is 2. The number of carbonyl (C=O) groups excluding carboxylic acids is 2. The molecule has 36 heavy (non-hydrogen) atoms. The largest absolute Gasteiger partial charge is 0.482 e. The zero-order valence-electron chi connectivity index (χ0n) is 20.6. The molecule has 1 amide bonds. The topological polar surface area (TPSA) is 68.2 Å². The maximum absolute atomic E-state index is 12.7. The average molecular weight is 485 g/mol. The quantitative estimate of drug-likeness (QED) is 0.343. The standard InChI is InChI=1S/C30H32N2O4/c1-2-35-29(34)22-36-26-17-9-11-23(21-26)12-10-20-32-28(33)19-18-27(31-32)30(24-13-5-3-6-14-24)25-15-7-4-8-16-25/h3-9,11,13-17,21,30H,2,10,12,18-20,22H2,1H3. The molecule has 0 saturated heterocycles. The van der Waals surface area contributed by atoms with Crippen LogP contribution in [0.25, 0.3) is 0 Å². The number of carbonyl (C=O) groups is 2. The van der Waals surface area contributed by atoms with Crippen molar-refractivity contribution in [3.8, 4) is 5.75 Å². The maximum Gasteiger partial charge on any atom is 0.344 e. The number of hydrogen-bond donors (Lipinski definition) is 0. The molecule has 0 atom stereocenters. The van der Waals surface area contributed by atoms with E-state index in [9.17, 15) is 9.59 Å². The lowest BCUT2D eigenvalue weighted by Gasteiger charge is -2.28. The second kappa shape index (κ2) is 12.7. The van der Waals surface area contributed by atoms with E-state index < -0.39 is 0 Å². The van der Waals surface area contributed by atoms with Gasteiger partial charge in [-0.1, -0.05) is 72.8 Å². The Morgan fingerprint density at radius 3 is 2.31 bits per heavy atom. The van der Waals surface area contributed by atoms with Crippen molar-refractivity contribution in [2.24, 2.45) is 5.10 Å². The number of amides is 1. The summed E-state index contributed by atoms with van der Waals surface area (Å²) in [6.45, 7) is 2.54. The first kappa shape index (κ1) is 25.2. The number of hydrazone groups is 1. The van der Waals surface area contributed by atoms with Crippen molar-refractivity contribution >= 4 is 17.6 Å². The van der Waals surface area contributed by atoms with Crippen molar-refractivity contribution in [2.45, 2.75) is 38.5 Å². The SMILES string of the molecule is CCOC(=O)COc1cccc(CCCN2N=C(C(c3ccccc3)c3ccccc3)CCC2=O)c1. The van der Waals surface area contributed by atoms with E-state index in [1.807, 2.05) is 60.7 Å². The monoisotopic (exact) mass is 484 g/mol.